The highest BCUT2D eigenvalue weighted by atomic mass is 14.2. The third-order valence-corrected chi connectivity index (χ3v) is 9.63. The first kappa shape index (κ1) is 20.1. The first-order valence-electron chi connectivity index (χ1n) is 20.0. The van der Waals surface area contributed by atoms with E-state index in [0.717, 1.165) is 54.2 Å². The van der Waals surface area contributed by atoms with Crippen LogP contribution in [0.2, 0.25) is 0 Å². The highest BCUT2D eigenvalue weighted by molar-refractivity contribution is 6.29. The molecule has 10 aromatic carbocycles. The summed E-state index contributed by atoms with van der Waals surface area (Å²) in [4.78, 5) is 0. The summed E-state index contributed by atoms with van der Waals surface area (Å²) in [5, 5.41) is 8.74. The quantitative estimate of drug-likeness (QED) is 0.137. The molecule has 0 fully saturated rings. The van der Waals surface area contributed by atoms with E-state index in [0.29, 0.717) is 27.6 Å². The minimum Gasteiger partial charge on any atom is -0.0616 e. The van der Waals surface area contributed by atoms with Crippen LogP contribution in [0, 0.1) is 0 Å². The summed E-state index contributed by atoms with van der Waals surface area (Å²) in [5.41, 5.74) is 3.67. The Labute approximate surface area is 290 Å². The highest BCUT2D eigenvalue weighted by Crippen LogP contribution is 2.47. The summed E-state index contributed by atoms with van der Waals surface area (Å²) in [6.45, 7) is 0. The summed E-state index contributed by atoms with van der Waals surface area (Å²) in [6, 6.07) is 41.4. The minimum absolute atomic E-state index is 0.0244. The normalized spacial score (nSPS) is 14.1. The molecule has 0 aliphatic carbocycles. The van der Waals surface area contributed by atoms with Crippen LogP contribution in [0.15, 0.2) is 182 Å². The molecule has 0 atom stereocenters. The number of rotatable bonds is 3. The first-order valence-corrected chi connectivity index (χ1v) is 16.0. The van der Waals surface area contributed by atoms with Crippen molar-refractivity contribution in [2.24, 2.45) is 0 Å². The smallest absolute Gasteiger partial charge is 0.0616 e. The second kappa shape index (κ2) is 10.7. The van der Waals surface area contributed by atoms with Crippen LogP contribution < -0.4 is 0 Å². The van der Waals surface area contributed by atoms with Gasteiger partial charge in [-0.2, -0.15) is 0 Å². The van der Waals surface area contributed by atoms with Crippen molar-refractivity contribution in [3.05, 3.63) is 182 Å². The monoisotopic (exact) mass is 614 g/mol. The van der Waals surface area contributed by atoms with E-state index in [1.807, 2.05) is 97.1 Å². The van der Waals surface area contributed by atoms with Crippen molar-refractivity contribution in [3.8, 4) is 33.4 Å². The van der Waals surface area contributed by atoms with Gasteiger partial charge in [0.25, 0.3) is 0 Å². The van der Waals surface area contributed by atoms with Crippen molar-refractivity contribution in [1.82, 2.24) is 0 Å². The van der Waals surface area contributed by atoms with Crippen LogP contribution in [0.5, 0.6) is 0 Å². The maximum atomic E-state index is 9.67. The molecule has 48 heavy (non-hydrogen) atoms. The Hall–Kier alpha value is -6.24. The fraction of sp³-hybridized carbons (Fsp3) is 0. The molecule has 0 aliphatic rings. The van der Waals surface area contributed by atoms with Crippen molar-refractivity contribution < 1.29 is 11.0 Å². The fourth-order valence-electron chi connectivity index (χ4n) is 7.62. The number of fused-ring (bicyclic) bond motifs is 9. The van der Waals surface area contributed by atoms with Gasteiger partial charge in [0.1, 0.15) is 0 Å². The standard InChI is InChI=1S/C48H30/c1-3-18-34-31(14-1)16-11-26-41(34)48-35-19-4-2-15-32(35)30-33-17-12-27-42(46(33)48)39-23-7-8-24-40(39)45-29-13-28-44-38-21-6-5-20-36(38)37-22-9-10-25-43(37)47(44)45/h1-30H/i2D,4D,12D,15D,17D,19D,27D,30D. The lowest BCUT2D eigenvalue weighted by molar-refractivity contribution is 1.63. The molecule has 0 nitrogen and oxygen atoms in total. The fourth-order valence-corrected chi connectivity index (χ4v) is 7.62. The van der Waals surface area contributed by atoms with Gasteiger partial charge in [-0.1, -0.05) is 176 Å². The van der Waals surface area contributed by atoms with Crippen LogP contribution in [-0.4, -0.2) is 0 Å². The molecule has 0 heterocycles. The maximum Gasteiger partial charge on any atom is 0.0636 e. The Morgan fingerprint density at radius 1 is 0.292 bits per heavy atom. The third-order valence-electron chi connectivity index (χ3n) is 9.63. The van der Waals surface area contributed by atoms with Gasteiger partial charge in [-0.25, -0.2) is 0 Å². The lowest BCUT2D eigenvalue weighted by Gasteiger charge is -2.20. The van der Waals surface area contributed by atoms with Gasteiger partial charge in [-0.15, -0.1) is 0 Å². The molecule has 10 rings (SSSR count). The zero-order valence-electron chi connectivity index (χ0n) is 33.7. The van der Waals surface area contributed by atoms with Crippen LogP contribution in [0.25, 0.3) is 98.0 Å². The third kappa shape index (κ3) is 3.96. The topological polar surface area (TPSA) is 0 Å². The molecule has 0 spiro atoms. The second-order valence-electron chi connectivity index (χ2n) is 12.1. The van der Waals surface area contributed by atoms with Crippen LogP contribution in [0.1, 0.15) is 11.0 Å². The Balaban J connectivity index is 1.45. The van der Waals surface area contributed by atoms with E-state index >= 15 is 0 Å². The van der Waals surface area contributed by atoms with E-state index < -0.39 is 12.1 Å². The molecule has 0 N–H and O–H groups in total. The van der Waals surface area contributed by atoms with Gasteiger partial charge in [-0.3, -0.25) is 0 Å². The predicted molar refractivity (Wildman–Crippen MR) is 208 cm³/mol. The van der Waals surface area contributed by atoms with Gasteiger partial charge in [-0.05, 0) is 104 Å². The number of hydrogen-bond acceptors (Lipinski definition) is 0. The van der Waals surface area contributed by atoms with Crippen LogP contribution in [0.4, 0.5) is 0 Å². The average molecular weight is 615 g/mol. The van der Waals surface area contributed by atoms with Crippen molar-refractivity contribution in [1.29, 1.82) is 0 Å². The van der Waals surface area contributed by atoms with Crippen molar-refractivity contribution in [2.75, 3.05) is 0 Å². The average Bonchev–Trinajstić information content (AvgIpc) is 3.24. The van der Waals surface area contributed by atoms with Crippen LogP contribution >= 0.6 is 0 Å². The molecule has 0 bridgehead atoms. The molecule has 222 valence electrons. The van der Waals surface area contributed by atoms with Gasteiger partial charge in [0, 0.05) is 0 Å². The minimum atomic E-state index is -0.477. The van der Waals surface area contributed by atoms with Gasteiger partial charge < -0.3 is 0 Å². The Morgan fingerprint density at radius 3 is 1.60 bits per heavy atom. The molecule has 0 saturated heterocycles. The molecule has 0 aromatic heterocycles. The van der Waals surface area contributed by atoms with E-state index in [-0.39, 0.29) is 52.4 Å². The molecule has 0 radical (unpaired) electrons. The summed E-state index contributed by atoms with van der Waals surface area (Å²) in [6.07, 6.45) is 0. The molecule has 0 aliphatic heterocycles. The molecular formula is C48H30. The van der Waals surface area contributed by atoms with E-state index in [1.54, 1.807) is 0 Å². The summed E-state index contributed by atoms with van der Waals surface area (Å²) >= 11 is 0. The number of hydrogen-bond donors (Lipinski definition) is 0. The SMILES string of the molecule is [2H]c1c([2H])c([2H])c2c(-c3cccc4ccccc34)c3c(-c4ccccc4-c4cccc5c6ccccc6c6ccccc6c45)c([2H])c([2H])c([2H])c3c([2H])c2c1[2H]. The number of benzene rings is 10. The van der Waals surface area contributed by atoms with Crippen LogP contribution in [-0.2, 0) is 0 Å². The Morgan fingerprint density at radius 2 is 0.812 bits per heavy atom. The van der Waals surface area contributed by atoms with E-state index in [9.17, 15) is 6.85 Å². The molecule has 0 amide bonds. The summed E-state index contributed by atoms with van der Waals surface area (Å²) in [5.74, 6) is 0. The van der Waals surface area contributed by atoms with Gasteiger partial charge >= 0.3 is 0 Å². The Bertz CT molecular complexity index is 3300. The predicted octanol–water partition coefficient (Wildman–Crippen LogP) is 13.6. The van der Waals surface area contributed by atoms with Crippen LogP contribution in [0.3, 0.4) is 0 Å². The largest absolute Gasteiger partial charge is 0.0636 e. The highest BCUT2D eigenvalue weighted by Gasteiger charge is 2.20. The van der Waals surface area contributed by atoms with Crippen molar-refractivity contribution in [2.45, 2.75) is 0 Å². The lowest BCUT2D eigenvalue weighted by Crippen LogP contribution is -1.93. The molecule has 0 unspecified atom stereocenters. The zero-order chi connectivity index (χ0) is 38.6. The molecule has 0 heteroatoms. The zero-order valence-corrected chi connectivity index (χ0v) is 25.7. The first-order chi connectivity index (χ1) is 27.2. The maximum absolute atomic E-state index is 9.67. The van der Waals surface area contributed by atoms with E-state index in [2.05, 4.69) is 36.4 Å². The van der Waals surface area contributed by atoms with Crippen molar-refractivity contribution in [3.63, 3.8) is 0 Å². The van der Waals surface area contributed by atoms with Gasteiger partial charge in [0.15, 0.2) is 0 Å². The Kier molecular flexibility index (Phi) is 4.46. The molecular weight excluding hydrogens is 577 g/mol. The summed E-state index contributed by atoms with van der Waals surface area (Å²) < 4.78 is 73.5. The van der Waals surface area contributed by atoms with E-state index in [1.165, 1.54) is 0 Å². The molecule has 10 aromatic rings. The van der Waals surface area contributed by atoms with Crippen molar-refractivity contribution >= 4 is 64.6 Å². The van der Waals surface area contributed by atoms with Gasteiger partial charge in [0.05, 0.1) is 11.0 Å². The second-order valence-corrected chi connectivity index (χ2v) is 12.1. The molecule has 0 saturated carbocycles. The van der Waals surface area contributed by atoms with Gasteiger partial charge in [0.2, 0.25) is 0 Å². The van der Waals surface area contributed by atoms with E-state index in [4.69, 9.17) is 4.11 Å². The summed E-state index contributed by atoms with van der Waals surface area (Å²) in [7, 11) is 0. The lowest BCUT2D eigenvalue weighted by atomic mass is 9.83.